The van der Waals surface area contributed by atoms with Gasteiger partial charge in [0.2, 0.25) is 0 Å². The molecule has 0 radical (unpaired) electrons. The van der Waals surface area contributed by atoms with E-state index < -0.39 is 0 Å². The molecule has 0 saturated heterocycles. The van der Waals surface area contributed by atoms with Crippen LogP contribution in [0.15, 0.2) is 42.5 Å². The zero-order chi connectivity index (χ0) is 14.5. The van der Waals surface area contributed by atoms with E-state index in [0.29, 0.717) is 22.7 Å². The average Bonchev–Trinajstić information content (AvgIpc) is 2.44. The number of hydrogen-bond acceptors (Lipinski definition) is 2. The molecule has 5 heteroatoms. The van der Waals surface area contributed by atoms with Gasteiger partial charge in [-0.05, 0) is 58.5 Å². The van der Waals surface area contributed by atoms with E-state index >= 15 is 0 Å². The van der Waals surface area contributed by atoms with Crippen molar-refractivity contribution < 1.29 is 4.79 Å². The van der Waals surface area contributed by atoms with Crippen molar-refractivity contribution in [2.24, 2.45) is 0 Å². The maximum atomic E-state index is 12.1. The third-order valence-electron chi connectivity index (χ3n) is 2.67. The van der Waals surface area contributed by atoms with Crippen LogP contribution in [0.4, 0.5) is 5.69 Å². The number of hydrogen-bond donors (Lipinski definition) is 1. The van der Waals surface area contributed by atoms with Crippen LogP contribution in [-0.2, 0) is 6.42 Å². The van der Waals surface area contributed by atoms with Crippen molar-refractivity contribution in [1.82, 2.24) is 0 Å². The van der Waals surface area contributed by atoms with Crippen LogP contribution in [0.2, 0.25) is 5.02 Å². The molecule has 2 aromatic rings. The molecule has 100 valence electrons. The molecule has 0 spiro atoms. The summed E-state index contributed by atoms with van der Waals surface area (Å²) in [7, 11) is 0. The number of carbonyl (C=O) groups is 1. The molecule has 1 amide bonds. The van der Waals surface area contributed by atoms with Gasteiger partial charge in [0.25, 0.3) is 5.91 Å². The molecule has 0 aliphatic heterocycles. The summed E-state index contributed by atoms with van der Waals surface area (Å²) in [5, 5.41) is 11.8. The Kier molecular flexibility index (Phi) is 4.99. The molecule has 20 heavy (non-hydrogen) atoms. The van der Waals surface area contributed by atoms with Crippen molar-refractivity contribution in [2.45, 2.75) is 6.42 Å². The lowest BCUT2D eigenvalue weighted by molar-refractivity contribution is 0.102. The summed E-state index contributed by atoms with van der Waals surface area (Å²) in [5.41, 5.74) is 2.03. The van der Waals surface area contributed by atoms with Gasteiger partial charge in [0.05, 0.1) is 23.1 Å². The monoisotopic (exact) mass is 396 g/mol. The van der Waals surface area contributed by atoms with Gasteiger partial charge in [-0.15, -0.1) is 0 Å². The second-order valence-electron chi connectivity index (χ2n) is 4.11. The minimum atomic E-state index is -0.249. The summed E-state index contributed by atoms with van der Waals surface area (Å²) in [5.74, 6) is -0.249. The first-order valence-corrected chi connectivity index (χ1v) is 7.28. The zero-order valence-electron chi connectivity index (χ0n) is 10.4. The number of rotatable bonds is 3. The molecule has 0 heterocycles. The predicted octanol–water partition coefficient (Wildman–Crippen LogP) is 4.26. The first-order valence-electron chi connectivity index (χ1n) is 5.82. The van der Waals surface area contributed by atoms with Crippen molar-refractivity contribution >= 4 is 45.8 Å². The van der Waals surface area contributed by atoms with Crippen molar-refractivity contribution in [2.75, 3.05) is 5.32 Å². The Balaban J connectivity index is 2.15. The highest BCUT2D eigenvalue weighted by Gasteiger charge is 2.11. The normalized spacial score (nSPS) is 9.85. The lowest BCUT2D eigenvalue weighted by Gasteiger charge is -2.07. The summed E-state index contributed by atoms with van der Waals surface area (Å²) in [6.45, 7) is 0. The van der Waals surface area contributed by atoms with Crippen molar-refractivity contribution in [3.8, 4) is 6.07 Å². The second-order valence-corrected chi connectivity index (χ2v) is 5.76. The number of nitrogens with one attached hydrogen (secondary N) is 1. The zero-order valence-corrected chi connectivity index (χ0v) is 13.3. The smallest absolute Gasteiger partial charge is 0.257 e. The first-order chi connectivity index (χ1) is 9.60. The van der Waals surface area contributed by atoms with Crippen LogP contribution in [0, 0.1) is 14.9 Å². The first kappa shape index (κ1) is 14.8. The highest BCUT2D eigenvalue weighted by atomic mass is 127. The average molecular weight is 397 g/mol. The van der Waals surface area contributed by atoms with E-state index in [0.717, 1.165) is 9.13 Å². The molecule has 0 atom stereocenters. The van der Waals surface area contributed by atoms with Crippen LogP contribution in [-0.4, -0.2) is 5.91 Å². The SMILES string of the molecule is N#CCc1ccc(NC(=O)c2cc(I)ccc2Cl)cc1. The van der Waals surface area contributed by atoms with Gasteiger partial charge < -0.3 is 5.32 Å². The molecule has 3 nitrogen and oxygen atoms in total. The van der Waals surface area contributed by atoms with Gasteiger partial charge in [0, 0.05) is 9.26 Å². The fourth-order valence-corrected chi connectivity index (χ4v) is 2.36. The lowest BCUT2D eigenvalue weighted by Crippen LogP contribution is -2.12. The quantitative estimate of drug-likeness (QED) is 0.788. The number of amides is 1. The van der Waals surface area contributed by atoms with Gasteiger partial charge in [-0.1, -0.05) is 23.7 Å². The molecule has 0 bridgehead atoms. The summed E-state index contributed by atoms with van der Waals surface area (Å²) < 4.78 is 0.946. The van der Waals surface area contributed by atoms with Gasteiger partial charge in [-0.3, -0.25) is 4.79 Å². The highest BCUT2D eigenvalue weighted by Crippen LogP contribution is 2.20. The van der Waals surface area contributed by atoms with Crippen LogP contribution in [0.25, 0.3) is 0 Å². The molecular weight excluding hydrogens is 387 g/mol. The Morgan fingerprint density at radius 2 is 1.95 bits per heavy atom. The van der Waals surface area contributed by atoms with E-state index in [9.17, 15) is 4.79 Å². The number of anilines is 1. The predicted molar refractivity (Wildman–Crippen MR) is 87.9 cm³/mol. The minimum Gasteiger partial charge on any atom is -0.322 e. The Morgan fingerprint density at radius 1 is 1.25 bits per heavy atom. The Hall–Kier alpha value is -1.58. The van der Waals surface area contributed by atoms with E-state index in [2.05, 4.69) is 34.0 Å². The molecule has 0 aliphatic carbocycles. The van der Waals surface area contributed by atoms with Crippen molar-refractivity contribution in [1.29, 1.82) is 5.26 Å². The van der Waals surface area contributed by atoms with Gasteiger partial charge in [-0.2, -0.15) is 5.26 Å². The van der Waals surface area contributed by atoms with Crippen LogP contribution in [0.5, 0.6) is 0 Å². The third-order valence-corrected chi connectivity index (χ3v) is 3.67. The van der Waals surface area contributed by atoms with Crippen LogP contribution >= 0.6 is 34.2 Å². The molecule has 0 saturated carbocycles. The Labute approximate surface area is 135 Å². The van der Waals surface area contributed by atoms with Crippen LogP contribution < -0.4 is 5.32 Å². The van der Waals surface area contributed by atoms with E-state index in [1.165, 1.54) is 0 Å². The van der Waals surface area contributed by atoms with Gasteiger partial charge in [0.15, 0.2) is 0 Å². The van der Waals surface area contributed by atoms with Crippen molar-refractivity contribution in [3.05, 3.63) is 62.2 Å². The Bertz CT molecular complexity index is 677. The maximum absolute atomic E-state index is 12.1. The van der Waals surface area contributed by atoms with Gasteiger partial charge in [-0.25, -0.2) is 0 Å². The molecule has 2 aromatic carbocycles. The standard InChI is InChI=1S/C15H10ClIN2O/c16-14-6-3-11(17)9-13(14)15(20)19-12-4-1-10(2-5-12)7-8-18/h1-6,9H,7H2,(H,19,20). The van der Waals surface area contributed by atoms with E-state index in [1.54, 1.807) is 24.3 Å². The fraction of sp³-hybridized carbons (Fsp3) is 0.0667. The number of carbonyl (C=O) groups excluding carboxylic acids is 1. The fourth-order valence-electron chi connectivity index (χ4n) is 1.67. The second kappa shape index (κ2) is 6.73. The largest absolute Gasteiger partial charge is 0.322 e. The molecule has 0 aromatic heterocycles. The van der Waals surface area contributed by atoms with Gasteiger partial charge in [0.1, 0.15) is 0 Å². The Morgan fingerprint density at radius 3 is 2.60 bits per heavy atom. The number of halogens is 2. The van der Waals surface area contributed by atoms with Crippen molar-refractivity contribution in [3.63, 3.8) is 0 Å². The summed E-state index contributed by atoms with van der Waals surface area (Å²) in [6.07, 6.45) is 0.358. The lowest BCUT2D eigenvalue weighted by atomic mass is 10.1. The topological polar surface area (TPSA) is 52.9 Å². The molecular formula is C15H10ClIN2O. The highest BCUT2D eigenvalue weighted by molar-refractivity contribution is 14.1. The molecule has 0 aliphatic rings. The summed E-state index contributed by atoms with van der Waals surface area (Å²) in [6, 6.07) is 14.5. The number of nitriles is 1. The summed E-state index contributed by atoms with van der Waals surface area (Å²) in [4.78, 5) is 12.1. The van der Waals surface area contributed by atoms with Crippen LogP contribution in [0.1, 0.15) is 15.9 Å². The van der Waals surface area contributed by atoms with E-state index in [1.807, 2.05) is 18.2 Å². The summed E-state index contributed by atoms with van der Waals surface area (Å²) >= 11 is 8.15. The maximum Gasteiger partial charge on any atom is 0.257 e. The van der Waals surface area contributed by atoms with Crippen LogP contribution in [0.3, 0.4) is 0 Å². The molecule has 0 unspecified atom stereocenters. The minimum absolute atomic E-state index is 0.249. The number of nitrogens with zero attached hydrogens (tertiary/aromatic N) is 1. The molecule has 0 fully saturated rings. The van der Waals surface area contributed by atoms with Gasteiger partial charge >= 0.3 is 0 Å². The van der Waals surface area contributed by atoms with E-state index in [-0.39, 0.29) is 5.91 Å². The number of benzene rings is 2. The molecule has 2 rings (SSSR count). The third kappa shape index (κ3) is 3.71. The molecule has 1 N–H and O–H groups in total. The van der Waals surface area contributed by atoms with E-state index in [4.69, 9.17) is 16.9 Å².